The summed E-state index contributed by atoms with van der Waals surface area (Å²) in [4.78, 5) is 40.7. The number of ether oxygens (including phenoxy) is 1. The van der Waals surface area contributed by atoms with Gasteiger partial charge >= 0.3 is 5.69 Å². The van der Waals surface area contributed by atoms with Crippen LogP contribution in [0.3, 0.4) is 0 Å². The second-order valence-corrected chi connectivity index (χ2v) is 9.72. The lowest BCUT2D eigenvalue weighted by Crippen LogP contribution is -2.47. The number of carboxylic acid groups (broad SMARTS) is 1. The number of carbonyl (C=O) groups is 2. The first-order chi connectivity index (χ1) is 15.1. The van der Waals surface area contributed by atoms with Crippen molar-refractivity contribution >= 4 is 33.4 Å². The third kappa shape index (κ3) is 5.54. The molecule has 0 aliphatic carbocycles. The summed E-state index contributed by atoms with van der Waals surface area (Å²) in [7, 11) is -0.292. The standard InChI is InChI=1S/C18H25N5O5S.CH2O2/c1-22(2)17(24)6-13-9-23-8-11(5-12(23)10-28-13)21-29(26,27)14-3-4-15-16(7-14)20-18(25)19-15;2-1-3/h3-4,7,11-13,21H,5-6,8-10H2,1-2H3,(H2,19,20,25);1H,(H,2,3)/t11-,12-,13-;/m0./s1. The molecule has 1 amide bonds. The van der Waals surface area contributed by atoms with E-state index in [1.807, 2.05) is 0 Å². The molecule has 0 radical (unpaired) electrons. The fraction of sp³-hybridized carbons (Fsp3) is 0.526. The van der Waals surface area contributed by atoms with Gasteiger partial charge in [0, 0.05) is 39.3 Å². The highest BCUT2D eigenvalue weighted by atomic mass is 32.2. The van der Waals surface area contributed by atoms with Gasteiger partial charge in [-0.25, -0.2) is 17.9 Å². The summed E-state index contributed by atoms with van der Waals surface area (Å²) in [5.41, 5.74) is 0.628. The highest BCUT2D eigenvalue weighted by Gasteiger charge is 2.39. The first-order valence-corrected chi connectivity index (χ1v) is 11.5. The molecule has 0 saturated carbocycles. The normalized spacial score (nSPS) is 23.2. The van der Waals surface area contributed by atoms with Crippen LogP contribution in [-0.2, 0) is 24.3 Å². The van der Waals surface area contributed by atoms with Crippen LogP contribution in [-0.4, -0.2) is 97.7 Å². The molecule has 176 valence electrons. The van der Waals surface area contributed by atoms with Crippen LogP contribution in [0.2, 0.25) is 0 Å². The molecule has 12 nitrogen and oxygen atoms in total. The Morgan fingerprint density at radius 1 is 1.31 bits per heavy atom. The fourth-order valence-electron chi connectivity index (χ4n) is 4.00. The summed E-state index contributed by atoms with van der Waals surface area (Å²) in [5, 5.41) is 6.89. The van der Waals surface area contributed by atoms with Crippen LogP contribution in [0, 0.1) is 0 Å². The smallest absolute Gasteiger partial charge is 0.323 e. The molecule has 2 saturated heterocycles. The Bertz CT molecular complexity index is 1130. The summed E-state index contributed by atoms with van der Waals surface area (Å²) in [5.74, 6) is 0.0168. The number of nitrogens with one attached hydrogen (secondary N) is 3. The van der Waals surface area contributed by atoms with Crippen LogP contribution < -0.4 is 10.4 Å². The molecular formula is C19H27N5O7S. The zero-order valence-electron chi connectivity index (χ0n) is 17.8. The molecule has 2 fully saturated rings. The highest BCUT2D eigenvalue weighted by molar-refractivity contribution is 7.89. The SMILES string of the molecule is CN(C)C(=O)C[C@H]1CN2C[C@@H](NS(=O)(=O)c3ccc4[nH]c(=O)[nH]c4c3)C[C@H]2CO1.O=CO. The predicted molar refractivity (Wildman–Crippen MR) is 115 cm³/mol. The number of hydrogen-bond acceptors (Lipinski definition) is 7. The maximum Gasteiger partial charge on any atom is 0.323 e. The van der Waals surface area contributed by atoms with Gasteiger partial charge in [0.15, 0.2) is 0 Å². The van der Waals surface area contributed by atoms with Gasteiger partial charge in [0.1, 0.15) is 0 Å². The molecular weight excluding hydrogens is 442 g/mol. The van der Waals surface area contributed by atoms with Gasteiger partial charge in [-0.15, -0.1) is 0 Å². The molecule has 4 rings (SSSR count). The topological polar surface area (TPSA) is 165 Å². The van der Waals surface area contributed by atoms with Crippen LogP contribution in [0.15, 0.2) is 27.9 Å². The predicted octanol–water partition coefficient (Wildman–Crippen LogP) is -0.845. The third-order valence-corrected chi connectivity index (χ3v) is 7.03. The van der Waals surface area contributed by atoms with Gasteiger partial charge in [0.2, 0.25) is 15.9 Å². The maximum absolute atomic E-state index is 12.8. The second kappa shape index (κ2) is 9.81. The summed E-state index contributed by atoms with van der Waals surface area (Å²) in [6, 6.07) is 4.39. The maximum atomic E-state index is 12.8. The quantitative estimate of drug-likeness (QED) is 0.411. The van der Waals surface area contributed by atoms with Gasteiger partial charge in [-0.2, -0.15) is 0 Å². The summed E-state index contributed by atoms with van der Waals surface area (Å²) in [6.07, 6.45) is 0.794. The number of benzene rings is 1. The molecule has 2 aliphatic rings. The van der Waals surface area contributed by atoms with Crippen LogP contribution in [0.25, 0.3) is 11.0 Å². The molecule has 1 aromatic carbocycles. The van der Waals surface area contributed by atoms with Crippen molar-refractivity contribution in [2.45, 2.75) is 35.9 Å². The monoisotopic (exact) mass is 469 g/mol. The number of morpholine rings is 1. The highest BCUT2D eigenvalue weighted by Crippen LogP contribution is 2.26. The van der Waals surface area contributed by atoms with E-state index in [0.717, 1.165) is 0 Å². The van der Waals surface area contributed by atoms with Crippen molar-refractivity contribution in [2.24, 2.45) is 0 Å². The molecule has 13 heteroatoms. The van der Waals surface area contributed by atoms with Crippen LogP contribution >= 0.6 is 0 Å². The molecule has 4 N–H and O–H groups in total. The lowest BCUT2D eigenvalue weighted by Gasteiger charge is -2.35. The minimum atomic E-state index is -3.73. The van der Waals surface area contributed by atoms with E-state index in [9.17, 15) is 18.0 Å². The van der Waals surface area contributed by atoms with Gasteiger partial charge in [0.05, 0.1) is 35.1 Å². The van der Waals surface area contributed by atoms with Crippen LogP contribution in [0.1, 0.15) is 12.8 Å². The third-order valence-electron chi connectivity index (χ3n) is 5.51. The molecule has 0 unspecified atom stereocenters. The number of amides is 1. The van der Waals surface area contributed by atoms with Crippen molar-refractivity contribution in [3.8, 4) is 0 Å². The fourth-order valence-corrected chi connectivity index (χ4v) is 5.26. The number of carbonyl (C=O) groups excluding carboxylic acids is 1. The number of fused-ring (bicyclic) bond motifs is 2. The number of nitrogens with zero attached hydrogens (tertiary/aromatic N) is 2. The Labute approximate surface area is 184 Å². The number of rotatable bonds is 5. The molecule has 2 aliphatic heterocycles. The van der Waals surface area contributed by atoms with E-state index in [4.69, 9.17) is 14.6 Å². The zero-order valence-corrected chi connectivity index (χ0v) is 18.6. The number of aromatic amines is 2. The van der Waals surface area contributed by atoms with Crippen molar-refractivity contribution in [1.29, 1.82) is 0 Å². The largest absolute Gasteiger partial charge is 0.483 e. The van der Waals surface area contributed by atoms with Crippen molar-refractivity contribution in [2.75, 3.05) is 33.8 Å². The van der Waals surface area contributed by atoms with Crippen molar-refractivity contribution in [3.05, 3.63) is 28.7 Å². The molecule has 0 spiro atoms. The lowest BCUT2D eigenvalue weighted by molar-refractivity contribution is -0.134. The summed E-state index contributed by atoms with van der Waals surface area (Å²) < 4.78 is 34.2. The summed E-state index contributed by atoms with van der Waals surface area (Å²) >= 11 is 0. The van der Waals surface area contributed by atoms with Crippen molar-refractivity contribution in [3.63, 3.8) is 0 Å². The average Bonchev–Trinajstić information content (AvgIpc) is 3.28. The van der Waals surface area contributed by atoms with Crippen LogP contribution in [0.4, 0.5) is 0 Å². The van der Waals surface area contributed by atoms with Crippen LogP contribution in [0.5, 0.6) is 0 Å². The molecule has 2 aromatic rings. The molecule has 3 heterocycles. The Kier molecular flexibility index (Phi) is 7.33. The van der Waals surface area contributed by atoms with E-state index >= 15 is 0 Å². The lowest BCUT2D eigenvalue weighted by atomic mass is 10.1. The van der Waals surface area contributed by atoms with Crippen molar-refractivity contribution < 1.29 is 27.9 Å². The van der Waals surface area contributed by atoms with Gasteiger partial charge < -0.3 is 24.7 Å². The van der Waals surface area contributed by atoms with E-state index in [1.54, 1.807) is 25.1 Å². The number of H-pyrrole nitrogens is 2. The number of sulfonamides is 1. The Hall–Kier alpha value is -2.74. The minimum absolute atomic E-state index is 0.0168. The average molecular weight is 470 g/mol. The first-order valence-electron chi connectivity index (χ1n) is 10.0. The summed E-state index contributed by atoms with van der Waals surface area (Å²) in [6.45, 7) is 1.42. The zero-order chi connectivity index (χ0) is 23.5. The Balaban J connectivity index is 0.000000913. The van der Waals surface area contributed by atoms with Gasteiger partial charge in [-0.05, 0) is 24.6 Å². The molecule has 0 bridgehead atoms. The molecule has 32 heavy (non-hydrogen) atoms. The van der Waals surface area contributed by atoms with Gasteiger partial charge in [0.25, 0.3) is 6.47 Å². The van der Waals surface area contributed by atoms with Crippen molar-refractivity contribution in [1.82, 2.24) is 24.5 Å². The number of imidazole rings is 1. The van der Waals surface area contributed by atoms with E-state index in [1.165, 1.54) is 12.1 Å². The van der Waals surface area contributed by atoms with E-state index in [2.05, 4.69) is 19.6 Å². The van der Waals surface area contributed by atoms with Gasteiger partial charge in [-0.1, -0.05) is 0 Å². The Morgan fingerprint density at radius 2 is 2.00 bits per heavy atom. The number of aromatic nitrogens is 2. The van der Waals surface area contributed by atoms with E-state index in [-0.39, 0.29) is 41.2 Å². The Morgan fingerprint density at radius 3 is 2.69 bits per heavy atom. The minimum Gasteiger partial charge on any atom is -0.483 e. The molecule has 3 atom stereocenters. The molecule has 1 aromatic heterocycles. The van der Waals surface area contributed by atoms with E-state index < -0.39 is 10.0 Å². The second-order valence-electron chi connectivity index (χ2n) is 8.00. The van der Waals surface area contributed by atoms with E-state index in [0.29, 0.717) is 43.6 Å². The number of hydrogen-bond donors (Lipinski definition) is 4. The first kappa shape index (κ1) is 23.9. The van der Waals surface area contributed by atoms with Gasteiger partial charge in [-0.3, -0.25) is 14.5 Å².